The second kappa shape index (κ2) is 7.99. The Morgan fingerprint density at radius 3 is 2.46 bits per heavy atom. The van der Waals surface area contributed by atoms with Gasteiger partial charge in [-0.15, -0.1) is 0 Å². The highest BCUT2D eigenvalue weighted by Crippen LogP contribution is 2.16. The minimum absolute atomic E-state index is 0.726. The van der Waals surface area contributed by atoms with Gasteiger partial charge >= 0.3 is 0 Å². The fourth-order valence-corrected chi connectivity index (χ4v) is 3.47. The predicted molar refractivity (Wildman–Crippen MR) is 103 cm³/mol. The van der Waals surface area contributed by atoms with Crippen molar-refractivity contribution in [2.75, 3.05) is 26.2 Å². The van der Waals surface area contributed by atoms with E-state index in [0.29, 0.717) is 0 Å². The molecule has 0 atom stereocenters. The van der Waals surface area contributed by atoms with Crippen LogP contribution in [0.4, 0.5) is 0 Å². The number of hydrogen-bond acceptors (Lipinski definition) is 4. The van der Waals surface area contributed by atoms with Crippen LogP contribution in [-0.4, -0.2) is 50.7 Å². The van der Waals surface area contributed by atoms with Crippen molar-refractivity contribution in [3.05, 3.63) is 77.3 Å². The predicted octanol–water partition coefficient (Wildman–Crippen LogP) is 3.24. The van der Waals surface area contributed by atoms with Gasteiger partial charge in [0.05, 0.1) is 17.6 Å². The molecule has 0 N–H and O–H groups in total. The second-order valence-corrected chi connectivity index (χ2v) is 7.08. The van der Waals surface area contributed by atoms with Gasteiger partial charge in [0.1, 0.15) is 0 Å². The van der Waals surface area contributed by atoms with Gasteiger partial charge < -0.3 is 0 Å². The minimum Gasteiger partial charge on any atom is -0.296 e. The molecule has 6 heteroatoms. The SMILES string of the molecule is Clc1cccc(-n2cc(CN3CCN(Cc4ccccn4)CC3)cn2)c1. The van der Waals surface area contributed by atoms with Crippen LogP contribution >= 0.6 is 11.6 Å². The first-order chi connectivity index (χ1) is 12.8. The summed E-state index contributed by atoms with van der Waals surface area (Å²) in [6.45, 7) is 6.13. The number of pyridine rings is 1. The lowest BCUT2D eigenvalue weighted by molar-refractivity contribution is 0.121. The number of halogens is 1. The van der Waals surface area contributed by atoms with Crippen molar-refractivity contribution >= 4 is 11.6 Å². The van der Waals surface area contributed by atoms with Crippen molar-refractivity contribution in [2.45, 2.75) is 13.1 Å². The molecular formula is C20H22ClN5. The minimum atomic E-state index is 0.726. The van der Waals surface area contributed by atoms with Gasteiger partial charge in [-0.05, 0) is 30.3 Å². The maximum absolute atomic E-state index is 6.07. The summed E-state index contributed by atoms with van der Waals surface area (Å²) in [4.78, 5) is 9.37. The Morgan fingerprint density at radius 2 is 1.73 bits per heavy atom. The van der Waals surface area contributed by atoms with Crippen LogP contribution in [0.5, 0.6) is 0 Å². The van der Waals surface area contributed by atoms with E-state index in [1.54, 1.807) is 0 Å². The summed E-state index contributed by atoms with van der Waals surface area (Å²) in [6.07, 6.45) is 5.90. The molecule has 0 radical (unpaired) electrons. The van der Waals surface area contributed by atoms with Gasteiger partial charge in [0.2, 0.25) is 0 Å². The van der Waals surface area contributed by atoms with Gasteiger partial charge in [-0.3, -0.25) is 14.8 Å². The molecule has 0 spiro atoms. The zero-order valence-electron chi connectivity index (χ0n) is 14.6. The van der Waals surface area contributed by atoms with E-state index in [4.69, 9.17) is 11.6 Å². The highest BCUT2D eigenvalue weighted by Gasteiger charge is 2.18. The molecule has 0 saturated carbocycles. The highest BCUT2D eigenvalue weighted by atomic mass is 35.5. The Hall–Kier alpha value is -2.21. The number of hydrogen-bond donors (Lipinski definition) is 0. The maximum atomic E-state index is 6.07. The Labute approximate surface area is 158 Å². The zero-order valence-corrected chi connectivity index (χ0v) is 15.4. The van der Waals surface area contributed by atoms with Gasteiger partial charge in [0, 0.05) is 62.2 Å². The monoisotopic (exact) mass is 367 g/mol. The van der Waals surface area contributed by atoms with Crippen molar-refractivity contribution in [1.29, 1.82) is 0 Å². The van der Waals surface area contributed by atoms with Gasteiger partial charge in [-0.2, -0.15) is 5.10 Å². The van der Waals surface area contributed by atoms with Crippen molar-refractivity contribution in [3.63, 3.8) is 0 Å². The lowest BCUT2D eigenvalue weighted by Crippen LogP contribution is -2.45. The molecule has 4 rings (SSSR count). The van der Waals surface area contributed by atoms with Crippen LogP contribution in [0.3, 0.4) is 0 Å². The quantitative estimate of drug-likeness (QED) is 0.693. The number of nitrogens with zero attached hydrogens (tertiary/aromatic N) is 5. The summed E-state index contributed by atoms with van der Waals surface area (Å²) in [5.74, 6) is 0. The number of benzene rings is 1. The van der Waals surface area contributed by atoms with Crippen LogP contribution in [0.2, 0.25) is 5.02 Å². The average molecular weight is 368 g/mol. The van der Waals surface area contributed by atoms with Crippen molar-refractivity contribution in [3.8, 4) is 5.69 Å². The second-order valence-electron chi connectivity index (χ2n) is 6.65. The van der Waals surface area contributed by atoms with Crippen LogP contribution in [0.25, 0.3) is 5.69 Å². The summed E-state index contributed by atoms with van der Waals surface area (Å²) >= 11 is 6.07. The smallest absolute Gasteiger partial charge is 0.0660 e. The average Bonchev–Trinajstić information content (AvgIpc) is 3.13. The van der Waals surface area contributed by atoms with E-state index in [1.807, 2.05) is 47.4 Å². The first-order valence-electron chi connectivity index (χ1n) is 8.90. The van der Waals surface area contributed by atoms with Crippen LogP contribution < -0.4 is 0 Å². The zero-order chi connectivity index (χ0) is 17.8. The van der Waals surface area contributed by atoms with Gasteiger partial charge in [0.25, 0.3) is 0 Å². The van der Waals surface area contributed by atoms with E-state index >= 15 is 0 Å². The topological polar surface area (TPSA) is 37.2 Å². The van der Waals surface area contributed by atoms with E-state index < -0.39 is 0 Å². The third-order valence-corrected chi connectivity index (χ3v) is 4.93. The highest BCUT2D eigenvalue weighted by molar-refractivity contribution is 6.30. The summed E-state index contributed by atoms with van der Waals surface area (Å²) in [7, 11) is 0. The number of rotatable bonds is 5. The Balaban J connectivity index is 1.31. The third kappa shape index (κ3) is 4.30. The molecule has 26 heavy (non-hydrogen) atoms. The fourth-order valence-electron chi connectivity index (χ4n) is 3.29. The molecule has 1 aliphatic rings. The Kier molecular flexibility index (Phi) is 5.29. The molecule has 3 aromatic rings. The van der Waals surface area contributed by atoms with Gasteiger partial charge in [-0.25, -0.2) is 4.68 Å². The molecule has 1 aromatic carbocycles. The normalized spacial score (nSPS) is 16.0. The van der Waals surface area contributed by atoms with E-state index in [2.05, 4.69) is 38.2 Å². The summed E-state index contributed by atoms with van der Waals surface area (Å²) in [5.41, 5.74) is 3.36. The summed E-state index contributed by atoms with van der Waals surface area (Å²) in [6, 6.07) is 13.9. The van der Waals surface area contributed by atoms with Crippen molar-refractivity contribution in [2.24, 2.45) is 0 Å². The number of aromatic nitrogens is 3. The van der Waals surface area contributed by atoms with Crippen LogP contribution in [0.15, 0.2) is 61.1 Å². The molecule has 1 fully saturated rings. The molecule has 0 aliphatic carbocycles. The van der Waals surface area contributed by atoms with E-state index in [-0.39, 0.29) is 0 Å². The molecule has 134 valence electrons. The summed E-state index contributed by atoms with van der Waals surface area (Å²) in [5, 5.41) is 5.20. The molecule has 1 aliphatic heterocycles. The first kappa shape index (κ1) is 17.2. The fraction of sp³-hybridized carbons (Fsp3) is 0.300. The Bertz CT molecular complexity index is 840. The Morgan fingerprint density at radius 1 is 0.923 bits per heavy atom. The van der Waals surface area contributed by atoms with Crippen LogP contribution in [0, 0.1) is 0 Å². The molecular weight excluding hydrogens is 346 g/mol. The molecule has 0 amide bonds. The third-order valence-electron chi connectivity index (χ3n) is 4.69. The van der Waals surface area contributed by atoms with E-state index in [0.717, 1.165) is 55.7 Å². The molecule has 1 saturated heterocycles. The van der Waals surface area contributed by atoms with Crippen LogP contribution in [-0.2, 0) is 13.1 Å². The largest absolute Gasteiger partial charge is 0.296 e. The summed E-state index contributed by atoms with van der Waals surface area (Å²) < 4.78 is 1.89. The van der Waals surface area contributed by atoms with Crippen molar-refractivity contribution < 1.29 is 0 Å². The molecule has 0 unspecified atom stereocenters. The van der Waals surface area contributed by atoms with E-state index in [1.165, 1.54) is 5.56 Å². The molecule has 3 heterocycles. The van der Waals surface area contributed by atoms with Crippen LogP contribution in [0.1, 0.15) is 11.3 Å². The van der Waals surface area contributed by atoms with Gasteiger partial charge in [-0.1, -0.05) is 23.7 Å². The molecule has 0 bridgehead atoms. The molecule has 5 nitrogen and oxygen atoms in total. The van der Waals surface area contributed by atoms with E-state index in [9.17, 15) is 0 Å². The maximum Gasteiger partial charge on any atom is 0.0660 e. The standard InChI is InChI=1S/C20H22ClN5/c21-18-4-3-6-20(12-18)26-15-17(13-23-26)14-24-8-10-25(11-9-24)16-19-5-1-2-7-22-19/h1-7,12-13,15H,8-11,14,16H2. The first-order valence-corrected chi connectivity index (χ1v) is 9.28. The lowest BCUT2D eigenvalue weighted by Gasteiger charge is -2.34. The van der Waals surface area contributed by atoms with Gasteiger partial charge in [0.15, 0.2) is 0 Å². The lowest BCUT2D eigenvalue weighted by atomic mass is 10.2. The molecule has 2 aromatic heterocycles. The van der Waals surface area contributed by atoms with Crippen molar-refractivity contribution in [1.82, 2.24) is 24.6 Å². The number of piperazine rings is 1.